The molecule has 128 valence electrons. The quantitative estimate of drug-likeness (QED) is 0.566. The molecule has 0 radical (unpaired) electrons. The van der Waals surface area contributed by atoms with Gasteiger partial charge in [0.25, 0.3) is 0 Å². The third-order valence-electron chi connectivity index (χ3n) is 3.58. The Morgan fingerprint density at radius 3 is 2.36 bits per heavy atom. The number of ether oxygens (including phenoxy) is 2. The minimum absolute atomic E-state index is 0.279. The van der Waals surface area contributed by atoms with Crippen molar-refractivity contribution in [3.63, 3.8) is 0 Å². The smallest absolute Gasteiger partial charge is 0.152 e. The van der Waals surface area contributed by atoms with Gasteiger partial charge in [0.1, 0.15) is 28.5 Å². The van der Waals surface area contributed by atoms with Crippen molar-refractivity contribution in [1.29, 1.82) is 0 Å². The second-order valence-electron chi connectivity index (χ2n) is 5.39. The fourth-order valence-electron chi connectivity index (χ4n) is 2.32. The monoisotopic (exact) mass is 402 g/mol. The van der Waals surface area contributed by atoms with Crippen molar-refractivity contribution in [2.24, 2.45) is 0 Å². The molecule has 2 aromatic heterocycles. The van der Waals surface area contributed by atoms with E-state index in [1.165, 1.54) is 12.1 Å². The van der Waals surface area contributed by atoms with Crippen LogP contribution in [0.25, 0.3) is 11.3 Å². The van der Waals surface area contributed by atoms with Gasteiger partial charge in [-0.2, -0.15) is 0 Å². The zero-order chi connectivity index (χ0) is 17.8. The number of halogens is 2. The molecule has 0 amide bonds. The van der Waals surface area contributed by atoms with Crippen LogP contribution in [0.15, 0.2) is 53.1 Å². The van der Waals surface area contributed by atoms with E-state index in [2.05, 4.69) is 25.9 Å². The molecule has 2 heterocycles. The summed E-state index contributed by atoms with van der Waals surface area (Å²) in [6, 6.07) is 13.5. The van der Waals surface area contributed by atoms with E-state index in [1.807, 2.05) is 31.2 Å². The first kappa shape index (κ1) is 17.4. The molecule has 3 rings (SSSR count). The van der Waals surface area contributed by atoms with Gasteiger partial charge < -0.3 is 9.47 Å². The minimum atomic E-state index is -0.293. The molecular formula is C19H16BrFN2O2. The van der Waals surface area contributed by atoms with E-state index in [9.17, 15) is 4.39 Å². The first-order valence-corrected chi connectivity index (χ1v) is 8.42. The molecule has 0 unspecified atom stereocenters. The molecule has 0 aliphatic carbocycles. The Bertz CT molecular complexity index is 885. The van der Waals surface area contributed by atoms with E-state index in [0.29, 0.717) is 21.8 Å². The predicted octanol–water partition coefficient (Wildman–Crippen LogP) is 4.94. The summed E-state index contributed by atoms with van der Waals surface area (Å²) in [7, 11) is 1.58. The molecule has 4 nitrogen and oxygen atoms in total. The van der Waals surface area contributed by atoms with Gasteiger partial charge in [-0.3, -0.25) is 0 Å². The highest BCUT2D eigenvalue weighted by atomic mass is 79.9. The summed E-state index contributed by atoms with van der Waals surface area (Å²) in [6.45, 7) is 2.19. The summed E-state index contributed by atoms with van der Waals surface area (Å²) in [5, 5.41) is 0. The molecule has 0 spiro atoms. The van der Waals surface area contributed by atoms with Crippen molar-refractivity contribution in [3.8, 4) is 22.8 Å². The van der Waals surface area contributed by atoms with E-state index in [0.717, 1.165) is 17.0 Å². The summed E-state index contributed by atoms with van der Waals surface area (Å²) in [4.78, 5) is 8.90. The van der Waals surface area contributed by atoms with Crippen LogP contribution in [0.1, 0.15) is 11.4 Å². The number of hydrogen-bond acceptors (Lipinski definition) is 4. The molecule has 25 heavy (non-hydrogen) atoms. The standard InChI is InChI=1S/C19H16BrFN2O2/c1-12-3-9-17(19(20)22-12)25-11-15-8-10-16(24-2)18(23-15)13-4-6-14(21)7-5-13/h3-10H,11H2,1-2H3. The maximum absolute atomic E-state index is 13.2. The zero-order valence-electron chi connectivity index (χ0n) is 13.8. The van der Waals surface area contributed by atoms with Crippen LogP contribution in [0.3, 0.4) is 0 Å². The Morgan fingerprint density at radius 1 is 0.960 bits per heavy atom. The Morgan fingerprint density at radius 2 is 1.68 bits per heavy atom. The van der Waals surface area contributed by atoms with Gasteiger partial charge in [-0.25, -0.2) is 14.4 Å². The number of aromatic nitrogens is 2. The van der Waals surface area contributed by atoms with Gasteiger partial charge in [0.05, 0.1) is 12.8 Å². The van der Waals surface area contributed by atoms with Crippen molar-refractivity contribution in [3.05, 3.63) is 70.3 Å². The Balaban J connectivity index is 1.85. The fourth-order valence-corrected chi connectivity index (χ4v) is 2.84. The molecule has 0 fully saturated rings. The number of rotatable bonds is 5. The van der Waals surface area contributed by atoms with Crippen LogP contribution in [0.5, 0.6) is 11.5 Å². The van der Waals surface area contributed by atoms with Crippen LogP contribution in [0.4, 0.5) is 4.39 Å². The normalized spacial score (nSPS) is 10.6. The molecule has 0 atom stereocenters. The van der Waals surface area contributed by atoms with Gasteiger partial charge in [0.15, 0.2) is 5.75 Å². The van der Waals surface area contributed by atoms with Crippen molar-refractivity contribution in [2.75, 3.05) is 7.11 Å². The minimum Gasteiger partial charge on any atom is -0.494 e. The van der Waals surface area contributed by atoms with Gasteiger partial charge in [-0.15, -0.1) is 0 Å². The largest absolute Gasteiger partial charge is 0.494 e. The first-order chi connectivity index (χ1) is 12.1. The van der Waals surface area contributed by atoms with Crippen molar-refractivity contribution >= 4 is 15.9 Å². The summed E-state index contributed by atoms with van der Waals surface area (Å²) >= 11 is 3.39. The van der Waals surface area contributed by atoms with Crippen molar-refractivity contribution < 1.29 is 13.9 Å². The molecule has 0 N–H and O–H groups in total. The predicted molar refractivity (Wildman–Crippen MR) is 97.2 cm³/mol. The number of benzene rings is 1. The molecule has 3 aromatic rings. The third kappa shape index (κ3) is 4.14. The summed E-state index contributed by atoms with van der Waals surface area (Å²) in [6.07, 6.45) is 0. The molecule has 6 heteroatoms. The lowest BCUT2D eigenvalue weighted by molar-refractivity contribution is 0.297. The lowest BCUT2D eigenvalue weighted by Crippen LogP contribution is -2.02. The molecule has 0 saturated heterocycles. The SMILES string of the molecule is COc1ccc(COc2ccc(C)nc2Br)nc1-c1ccc(F)cc1. The van der Waals surface area contributed by atoms with E-state index >= 15 is 0 Å². The van der Waals surface area contributed by atoms with E-state index in [1.54, 1.807) is 19.2 Å². The second-order valence-corrected chi connectivity index (χ2v) is 6.14. The van der Waals surface area contributed by atoms with Gasteiger partial charge in [-0.1, -0.05) is 0 Å². The van der Waals surface area contributed by atoms with Crippen molar-refractivity contribution in [2.45, 2.75) is 13.5 Å². The molecule has 0 aliphatic heterocycles. The average Bonchev–Trinajstić information content (AvgIpc) is 2.61. The maximum atomic E-state index is 13.2. The Kier molecular flexibility index (Phi) is 5.28. The van der Waals surface area contributed by atoms with Crippen LogP contribution >= 0.6 is 15.9 Å². The molecule has 0 saturated carbocycles. The fraction of sp³-hybridized carbons (Fsp3) is 0.158. The van der Waals surface area contributed by atoms with Crippen LogP contribution in [0.2, 0.25) is 0 Å². The highest BCUT2D eigenvalue weighted by Crippen LogP contribution is 2.29. The zero-order valence-corrected chi connectivity index (χ0v) is 15.4. The summed E-state index contributed by atoms with van der Waals surface area (Å²) < 4.78 is 25.0. The van der Waals surface area contributed by atoms with Crippen LogP contribution < -0.4 is 9.47 Å². The van der Waals surface area contributed by atoms with E-state index in [-0.39, 0.29) is 12.4 Å². The number of aryl methyl sites for hydroxylation is 1. The van der Waals surface area contributed by atoms with Crippen molar-refractivity contribution in [1.82, 2.24) is 9.97 Å². The maximum Gasteiger partial charge on any atom is 0.152 e. The molecule has 1 aromatic carbocycles. The van der Waals surface area contributed by atoms with Gasteiger partial charge >= 0.3 is 0 Å². The van der Waals surface area contributed by atoms with Crippen LogP contribution in [0, 0.1) is 12.7 Å². The average molecular weight is 403 g/mol. The van der Waals surface area contributed by atoms with E-state index in [4.69, 9.17) is 9.47 Å². The Hall–Kier alpha value is -2.47. The number of nitrogens with zero attached hydrogens (tertiary/aromatic N) is 2. The number of hydrogen-bond donors (Lipinski definition) is 0. The Labute approximate surface area is 153 Å². The third-order valence-corrected chi connectivity index (χ3v) is 4.15. The first-order valence-electron chi connectivity index (χ1n) is 7.62. The molecule has 0 aliphatic rings. The molecule has 0 bridgehead atoms. The topological polar surface area (TPSA) is 44.2 Å². The lowest BCUT2D eigenvalue weighted by atomic mass is 10.1. The van der Waals surface area contributed by atoms with E-state index < -0.39 is 0 Å². The van der Waals surface area contributed by atoms with Crippen LogP contribution in [-0.2, 0) is 6.61 Å². The van der Waals surface area contributed by atoms with Crippen LogP contribution in [-0.4, -0.2) is 17.1 Å². The van der Waals surface area contributed by atoms with Gasteiger partial charge in [0, 0.05) is 11.3 Å². The summed E-state index contributed by atoms with van der Waals surface area (Å²) in [5.74, 6) is 0.971. The molecular weight excluding hydrogens is 387 g/mol. The van der Waals surface area contributed by atoms with Gasteiger partial charge in [-0.05, 0) is 71.4 Å². The number of pyridine rings is 2. The highest BCUT2D eigenvalue weighted by molar-refractivity contribution is 9.10. The number of methoxy groups -OCH3 is 1. The summed E-state index contributed by atoms with van der Waals surface area (Å²) in [5.41, 5.74) is 3.05. The second kappa shape index (κ2) is 7.61. The van der Waals surface area contributed by atoms with Gasteiger partial charge in [0.2, 0.25) is 0 Å². The lowest BCUT2D eigenvalue weighted by Gasteiger charge is -2.12. The highest BCUT2D eigenvalue weighted by Gasteiger charge is 2.11.